The Balaban J connectivity index is 2.05. The van der Waals surface area contributed by atoms with Crippen LogP contribution in [0.3, 0.4) is 0 Å². The minimum Gasteiger partial charge on any atom is -0.494 e. The first kappa shape index (κ1) is 22.2. The van der Waals surface area contributed by atoms with Crippen molar-refractivity contribution >= 4 is 11.7 Å². The maximum Gasteiger partial charge on any atom is 0.334 e. The van der Waals surface area contributed by atoms with E-state index < -0.39 is 17.2 Å². The number of aromatic hydroxyl groups is 1. The molecular weight excluding hydrogens is 386 g/mol. The van der Waals surface area contributed by atoms with Crippen molar-refractivity contribution in [3.63, 3.8) is 0 Å². The van der Waals surface area contributed by atoms with Gasteiger partial charge in [0, 0.05) is 17.8 Å². The van der Waals surface area contributed by atoms with Crippen molar-refractivity contribution in [3.05, 3.63) is 33.0 Å². The number of hydrogen-bond acceptors (Lipinski definition) is 6. The molecule has 0 aliphatic heterocycles. The lowest BCUT2D eigenvalue weighted by molar-refractivity contribution is -0.141. The third-order valence-corrected chi connectivity index (χ3v) is 6.23. The highest BCUT2D eigenvalue weighted by Crippen LogP contribution is 2.32. The Bertz CT molecular complexity index is 889. The Kier molecular flexibility index (Phi) is 7.39. The zero-order valence-corrected chi connectivity index (χ0v) is 17.8. The Morgan fingerprint density at radius 3 is 2.10 bits per heavy atom. The van der Waals surface area contributed by atoms with Crippen molar-refractivity contribution in [1.82, 2.24) is 14.5 Å². The van der Waals surface area contributed by atoms with Crippen LogP contribution in [0.4, 0.5) is 0 Å². The predicted octanol–water partition coefficient (Wildman–Crippen LogP) is 2.85. The van der Waals surface area contributed by atoms with Crippen LogP contribution in [-0.4, -0.2) is 33.4 Å². The monoisotopic (exact) mass is 419 g/mol. The molecular formula is C22H33N3O5. The maximum atomic E-state index is 13.4. The van der Waals surface area contributed by atoms with Crippen LogP contribution < -0.4 is 16.6 Å². The summed E-state index contributed by atoms with van der Waals surface area (Å²) in [6.45, 7) is 5.66. The fourth-order valence-electron chi connectivity index (χ4n) is 4.70. The molecule has 0 saturated heterocycles. The molecule has 3 rings (SSSR count). The van der Waals surface area contributed by atoms with E-state index in [0.717, 1.165) is 64.2 Å². The molecule has 1 aromatic rings. The van der Waals surface area contributed by atoms with Crippen LogP contribution in [0.5, 0.6) is 5.88 Å². The van der Waals surface area contributed by atoms with Crippen molar-refractivity contribution in [1.29, 1.82) is 0 Å². The number of nitrogens with zero attached hydrogens (tertiary/aromatic N) is 2. The molecule has 8 heteroatoms. The molecule has 2 aliphatic rings. The van der Waals surface area contributed by atoms with Gasteiger partial charge in [0.25, 0.3) is 5.56 Å². The molecule has 1 heterocycles. The topological polar surface area (TPSA) is 103 Å². The third kappa shape index (κ3) is 4.63. The minimum atomic E-state index is -0.544. The van der Waals surface area contributed by atoms with Crippen LogP contribution in [0.2, 0.25) is 0 Å². The molecule has 30 heavy (non-hydrogen) atoms. The van der Waals surface area contributed by atoms with Gasteiger partial charge in [-0.3, -0.25) is 18.7 Å². The number of nitrogens with one attached hydrogen (secondary N) is 1. The quantitative estimate of drug-likeness (QED) is 0.659. The molecule has 0 spiro atoms. The van der Waals surface area contributed by atoms with E-state index in [1.165, 1.54) is 9.13 Å². The van der Waals surface area contributed by atoms with E-state index in [4.69, 9.17) is 4.74 Å². The lowest BCUT2D eigenvalue weighted by Crippen LogP contribution is -2.46. The number of rotatable bonds is 7. The second-order valence-electron chi connectivity index (χ2n) is 8.25. The molecule has 8 nitrogen and oxygen atoms in total. The Morgan fingerprint density at radius 2 is 1.57 bits per heavy atom. The molecule has 2 saturated carbocycles. The second-order valence-corrected chi connectivity index (χ2v) is 8.25. The fraction of sp³-hybridized carbons (Fsp3) is 0.682. The van der Waals surface area contributed by atoms with Gasteiger partial charge in [-0.05, 0) is 32.6 Å². The van der Waals surface area contributed by atoms with Gasteiger partial charge in [0.2, 0.25) is 5.88 Å². The molecule has 0 aromatic carbocycles. The van der Waals surface area contributed by atoms with Crippen LogP contribution in [0.1, 0.15) is 88.8 Å². The highest BCUT2D eigenvalue weighted by atomic mass is 16.5. The van der Waals surface area contributed by atoms with Crippen LogP contribution in [0.15, 0.2) is 16.2 Å². The first-order chi connectivity index (χ1) is 14.5. The summed E-state index contributed by atoms with van der Waals surface area (Å²) in [5, 5.41) is 13.8. The third-order valence-electron chi connectivity index (χ3n) is 6.23. The highest BCUT2D eigenvalue weighted by Gasteiger charge is 2.29. The lowest BCUT2D eigenvalue weighted by Gasteiger charge is -2.29. The summed E-state index contributed by atoms with van der Waals surface area (Å²) in [6.07, 6.45) is 9.23. The molecule has 2 aliphatic carbocycles. The molecule has 166 valence electrons. The van der Waals surface area contributed by atoms with E-state index in [1.807, 2.05) is 0 Å². The van der Waals surface area contributed by atoms with Crippen molar-refractivity contribution in [3.8, 4) is 5.88 Å². The lowest BCUT2D eigenvalue weighted by atomic mass is 9.94. The summed E-state index contributed by atoms with van der Waals surface area (Å²) in [5.41, 5.74) is -0.884. The molecule has 0 amide bonds. The molecule has 0 unspecified atom stereocenters. The number of ether oxygens (including phenoxy) is 1. The standard InChI is InChI=1S/C22H33N3O5/c1-3-30-18(26)14-23-15(2)19-20(27)24(16-10-6-4-7-11-16)22(29)25(21(19)28)17-12-8-5-9-13-17/h16-17,23,27H,2-14H2,1H3. The van der Waals surface area contributed by atoms with Crippen LogP contribution in [0.25, 0.3) is 5.70 Å². The number of aromatic nitrogens is 2. The van der Waals surface area contributed by atoms with Gasteiger partial charge in [0.05, 0.1) is 6.61 Å². The van der Waals surface area contributed by atoms with Crippen molar-refractivity contribution in [2.45, 2.75) is 83.2 Å². The van der Waals surface area contributed by atoms with Crippen molar-refractivity contribution < 1.29 is 14.6 Å². The van der Waals surface area contributed by atoms with Gasteiger partial charge in [-0.1, -0.05) is 45.1 Å². The fourth-order valence-corrected chi connectivity index (χ4v) is 4.70. The number of hydrogen-bond donors (Lipinski definition) is 2. The smallest absolute Gasteiger partial charge is 0.334 e. The summed E-state index contributed by atoms with van der Waals surface area (Å²) >= 11 is 0. The summed E-state index contributed by atoms with van der Waals surface area (Å²) in [6, 6.07) is -0.316. The first-order valence-corrected chi connectivity index (χ1v) is 11.1. The normalized spacial score (nSPS) is 18.2. The van der Waals surface area contributed by atoms with E-state index in [1.54, 1.807) is 6.92 Å². The van der Waals surface area contributed by atoms with Gasteiger partial charge in [-0.25, -0.2) is 4.79 Å². The second kappa shape index (κ2) is 10.00. The van der Waals surface area contributed by atoms with Crippen LogP contribution >= 0.6 is 0 Å². The molecule has 1 aromatic heterocycles. The zero-order valence-electron chi connectivity index (χ0n) is 17.8. The first-order valence-electron chi connectivity index (χ1n) is 11.1. The minimum absolute atomic E-state index is 0.0324. The Morgan fingerprint density at radius 1 is 1.03 bits per heavy atom. The van der Waals surface area contributed by atoms with Crippen LogP contribution in [0, 0.1) is 0 Å². The maximum absolute atomic E-state index is 13.4. The molecule has 0 atom stereocenters. The van der Waals surface area contributed by atoms with Crippen molar-refractivity contribution in [2.75, 3.05) is 13.2 Å². The molecule has 0 radical (unpaired) electrons. The largest absolute Gasteiger partial charge is 0.494 e. The SMILES string of the molecule is C=C(NCC(=O)OCC)c1c(O)n(C2CCCCC2)c(=O)n(C2CCCCC2)c1=O. The summed E-state index contributed by atoms with van der Waals surface area (Å²) < 4.78 is 7.61. The van der Waals surface area contributed by atoms with E-state index in [-0.39, 0.29) is 42.4 Å². The van der Waals surface area contributed by atoms with Gasteiger partial charge >= 0.3 is 11.7 Å². The summed E-state index contributed by atoms with van der Waals surface area (Å²) in [4.78, 5) is 38.4. The van der Waals surface area contributed by atoms with E-state index in [2.05, 4.69) is 11.9 Å². The predicted molar refractivity (Wildman–Crippen MR) is 115 cm³/mol. The summed E-state index contributed by atoms with van der Waals surface area (Å²) in [7, 11) is 0. The molecule has 0 bridgehead atoms. The van der Waals surface area contributed by atoms with Gasteiger partial charge in [0.1, 0.15) is 12.1 Å². The Labute approximate surface area is 176 Å². The average Bonchev–Trinajstić information content (AvgIpc) is 2.74. The van der Waals surface area contributed by atoms with Crippen LogP contribution in [-0.2, 0) is 9.53 Å². The average molecular weight is 420 g/mol. The highest BCUT2D eigenvalue weighted by molar-refractivity contribution is 5.75. The van der Waals surface area contributed by atoms with E-state index in [9.17, 15) is 19.5 Å². The number of esters is 1. The number of carbonyl (C=O) groups excluding carboxylic acids is 1. The molecule has 2 N–H and O–H groups in total. The van der Waals surface area contributed by atoms with Gasteiger partial charge in [-0.2, -0.15) is 0 Å². The van der Waals surface area contributed by atoms with E-state index >= 15 is 0 Å². The molecule has 2 fully saturated rings. The Hall–Kier alpha value is -2.51. The number of carbonyl (C=O) groups is 1. The van der Waals surface area contributed by atoms with E-state index in [0.29, 0.717) is 0 Å². The summed E-state index contributed by atoms with van der Waals surface area (Å²) in [5.74, 6) is -0.836. The van der Waals surface area contributed by atoms with Gasteiger partial charge in [0.15, 0.2) is 0 Å². The van der Waals surface area contributed by atoms with Gasteiger partial charge < -0.3 is 15.2 Å². The van der Waals surface area contributed by atoms with Gasteiger partial charge in [-0.15, -0.1) is 0 Å². The zero-order chi connectivity index (χ0) is 21.7. The van der Waals surface area contributed by atoms with Crippen molar-refractivity contribution in [2.24, 2.45) is 0 Å².